The smallest absolute Gasteiger partial charge is 0.251 e. The SMILES string of the molecule is O=C(N[C@H]1CNC1=O)c1ccc(OCc2ccccc2)cc1. The number of nitrogens with one attached hydrogen (secondary N) is 2. The van der Waals surface area contributed by atoms with E-state index in [0.717, 1.165) is 5.56 Å². The minimum absolute atomic E-state index is 0.142. The second kappa shape index (κ2) is 6.30. The Hall–Kier alpha value is -2.82. The Morgan fingerprint density at radius 3 is 2.45 bits per heavy atom. The summed E-state index contributed by atoms with van der Waals surface area (Å²) in [5.41, 5.74) is 1.59. The topological polar surface area (TPSA) is 67.4 Å². The Morgan fingerprint density at radius 1 is 1.14 bits per heavy atom. The second-order valence-corrected chi connectivity index (χ2v) is 5.07. The Labute approximate surface area is 128 Å². The molecular formula is C17H16N2O3. The van der Waals surface area contributed by atoms with Crippen molar-refractivity contribution in [2.24, 2.45) is 0 Å². The van der Waals surface area contributed by atoms with E-state index in [1.54, 1.807) is 24.3 Å². The number of carbonyl (C=O) groups excluding carboxylic acids is 2. The van der Waals surface area contributed by atoms with Gasteiger partial charge in [0.2, 0.25) is 5.91 Å². The van der Waals surface area contributed by atoms with Crippen LogP contribution in [-0.4, -0.2) is 24.4 Å². The highest BCUT2D eigenvalue weighted by Gasteiger charge is 2.29. The fraction of sp³-hybridized carbons (Fsp3) is 0.176. The van der Waals surface area contributed by atoms with Crippen LogP contribution in [0.4, 0.5) is 0 Å². The molecule has 5 heteroatoms. The number of amides is 2. The van der Waals surface area contributed by atoms with Gasteiger partial charge in [-0.3, -0.25) is 9.59 Å². The highest BCUT2D eigenvalue weighted by molar-refractivity contribution is 5.99. The summed E-state index contributed by atoms with van der Waals surface area (Å²) in [6, 6.07) is 16.3. The largest absolute Gasteiger partial charge is 0.489 e. The van der Waals surface area contributed by atoms with Crippen LogP contribution in [0, 0.1) is 0 Å². The Balaban J connectivity index is 1.55. The summed E-state index contributed by atoms with van der Waals surface area (Å²) in [5, 5.41) is 5.25. The van der Waals surface area contributed by atoms with E-state index < -0.39 is 6.04 Å². The quantitative estimate of drug-likeness (QED) is 0.822. The minimum atomic E-state index is -0.415. The third-order valence-corrected chi connectivity index (χ3v) is 3.47. The average molecular weight is 296 g/mol. The summed E-state index contributed by atoms with van der Waals surface area (Å²) in [5.74, 6) is 0.299. The van der Waals surface area contributed by atoms with E-state index in [-0.39, 0.29) is 11.8 Å². The van der Waals surface area contributed by atoms with Gasteiger partial charge in [0.05, 0.1) is 0 Å². The Bertz CT molecular complexity index is 668. The highest BCUT2D eigenvalue weighted by atomic mass is 16.5. The minimum Gasteiger partial charge on any atom is -0.489 e. The lowest BCUT2D eigenvalue weighted by Crippen LogP contribution is -2.61. The van der Waals surface area contributed by atoms with Gasteiger partial charge in [0.15, 0.2) is 0 Å². The molecule has 0 unspecified atom stereocenters. The molecule has 0 saturated carbocycles. The third-order valence-electron chi connectivity index (χ3n) is 3.47. The molecule has 0 aliphatic carbocycles. The molecule has 2 amide bonds. The van der Waals surface area contributed by atoms with Gasteiger partial charge >= 0.3 is 0 Å². The van der Waals surface area contributed by atoms with Crippen molar-refractivity contribution < 1.29 is 14.3 Å². The lowest BCUT2D eigenvalue weighted by Gasteiger charge is -2.26. The summed E-state index contributed by atoms with van der Waals surface area (Å²) in [6.07, 6.45) is 0. The number of ether oxygens (including phenoxy) is 1. The number of carbonyl (C=O) groups is 2. The maximum absolute atomic E-state index is 12.0. The summed E-state index contributed by atoms with van der Waals surface area (Å²) >= 11 is 0. The van der Waals surface area contributed by atoms with Crippen LogP contribution in [0.15, 0.2) is 54.6 Å². The summed E-state index contributed by atoms with van der Waals surface area (Å²) < 4.78 is 5.66. The van der Waals surface area contributed by atoms with Crippen LogP contribution < -0.4 is 15.4 Å². The Morgan fingerprint density at radius 2 is 1.86 bits per heavy atom. The third kappa shape index (κ3) is 3.25. The molecule has 0 radical (unpaired) electrons. The number of rotatable bonds is 5. The molecule has 1 aliphatic rings. The van der Waals surface area contributed by atoms with Gasteiger partial charge in [0.25, 0.3) is 5.91 Å². The molecule has 2 aromatic rings. The maximum Gasteiger partial charge on any atom is 0.251 e. The van der Waals surface area contributed by atoms with E-state index in [1.165, 1.54) is 0 Å². The van der Waals surface area contributed by atoms with E-state index in [2.05, 4.69) is 10.6 Å². The predicted octanol–water partition coefficient (Wildman–Crippen LogP) is 1.49. The van der Waals surface area contributed by atoms with Crippen molar-refractivity contribution in [3.05, 3.63) is 65.7 Å². The molecule has 112 valence electrons. The van der Waals surface area contributed by atoms with Crippen LogP contribution in [0.2, 0.25) is 0 Å². The van der Waals surface area contributed by atoms with Crippen LogP contribution in [0.25, 0.3) is 0 Å². The molecule has 3 rings (SSSR count). The van der Waals surface area contributed by atoms with Crippen molar-refractivity contribution >= 4 is 11.8 Å². The first kappa shape index (κ1) is 14.1. The second-order valence-electron chi connectivity index (χ2n) is 5.07. The summed E-state index contributed by atoms with van der Waals surface area (Å²) in [6.45, 7) is 0.970. The fourth-order valence-electron chi connectivity index (χ4n) is 2.09. The van der Waals surface area contributed by atoms with Gasteiger partial charge < -0.3 is 15.4 Å². The molecule has 2 aromatic carbocycles. The van der Waals surface area contributed by atoms with Crippen molar-refractivity contribution in [3.63, 3.8) is 0 Å². The molecule has 0 aromatic heterocycles. The van der Waals surface area contributed by atoms with Gasteiger partial charge in [-0.2, -0.15) is 0 Å². The van der Waals surface area contributed by atoms with E-state index in [0.29, 0.717) is 24.5 Å². The molecule has 22 heavy (non-hydrogen) atoms. The molecular weight excluding hydrogens is 280 g/mol. The van der Waals surface area contributed by atoms with Crippen LogP contribution in [-0.2, 0) is 11.4 Å². The van der Waals surface area contributed by atoms with Crippen LogP contribution in [0.3, 0.4) is 0 Å². The molecule has 1 heterocycles. The monoisotopic (exact) mass is 296 g/mol. The van der Waals surface area contributed by atoms with Gasteiger partial charge in [-0.15, -0.1) is 0 Å². The number of β-lactam (4-membered cyclic amide) rings is 1. The highest BCUT2D eigenvalue weighted by Crippen LogP contribution is 2.14. The maximum atomic E-state index is 12.0. The number of hydrogen-bond acceptors (Lipinski definition) is 3. The average Bonchev–Trinajstić information content (AvgIpc) is 2.57. The normalized spacial score (nSPS) is 16.4. The van der Waals surface area contributed by atoms with Crippen molar-refractivity contribution in [1.82, 2.24) is 10.6 Å². The zero-order chi connectivity index (χ0) is 15.4. The number of hydrogen-bond donors (Lipinski definition) is 2. The first-order valence-electron chi connectivity index (χ1n) is 7.08. The zero-order valence-electron chi connectivity index (χ0n) is 11.9. The predicted molar refractivity (Wildman–Crippen MR) is 81.5 cm³/mol. The van der Waals surface area contributed by atoms with Gasteiger partial charge in [-0.05, 0) is 29.8 Å². The molecule has 0 bridgehead atoms. The van der Waals surface area contributed by atoms with Crippen molar-refractivity contribution in [1.29, 1.82) is 0 Å². The lowest BCUT2D eigenvalue weighted by atomic mass is 10.1. The first-order valence-corrected chi connectivity index (χ1v) is 7.08. The molecule has 1 saturated heterocycles. The molecule has 5 nitrogen and oxygen atoms in total. The Kier molecular flexibility index (Phi) is 4.05. The molecule has 1 aliphatic heterocycles. The molecule has 0 spiro atoms. The molecule has 1 fully saturated rings. The van der Waals surface area contributed by atoms with Crippen molar-refractivity contribution in [3.8, 4) is 5.75 Å². The van der Waals surface area contributed by atoms with E-state index in [9.17, 15) is 9.59 Å². The summed E-state index contributed by atoms with van der Waals surface area (Å²) in [4.78, 5) is 23.1. The van der Waals surface area contributed by atoms with E-state index in [1.807, 2.05) is 30.3 Å². The van der Waals surface area contributed by atoms with Gasteiger partial charge in [-0.1, -0.05) is 30.3 Å². The number of benzene rings is 2. The summed E-state index contributed by atoms with van der Waals surface area (Å²) in [7, 11) is 0. The first-order chi connectivity index (χ1) is 10.7. The van der Waals surface area contributed by atoms with Crippen molar-refractivity contribution in [2.45, 2.75) is 12.6 Å². The van der Waals surface area contributed by atoms with Gasteiger partial charge in [0.1, 0.15) is 18.4 Å². The molecule has 1 atom stereocenters. The van der Waals surface area contributed by atoms with Gasteiger partial charge in [-0.25, -0.2) is 0 Å². The van der Waals surface area contributed by atoms with Gasteiger partial charge in [0, 0.05) is 12.1 Å². The van der Waals surface area contributed by atoms with E-state index >= 15 is 0 Å². The lowest BCUT2D eigenvalue weighted by molar-refractivity contribution is -0.128. The zero-order valence-corrected chi connectivity index (χ0v) is 11.9. The van der Waals surface area contributed by atoms with E-state index in [4.69, 9.17) is 4.74 Å². The van der Waals surface area contributed by atoms with Crippen molar-refractivity contribution in [2.75, 3.05) is 6.54 Å². The fourth-order valence-corrected chi connectivity index (χ4v) is 2.09. The van der Waals surface area contributed by atoms with Crippen LogP contribution in [0.5, 0.6) is 5.75 Å². The van der Waals surface area contributed by atoms with Crippen LogP contribution >= 0.6 is 0 Å². The molecule has 2 N–H and O–H groups in total. The standard InChI is InChI=1S/C17H16N2O3/c20-16(19-15-10-18-17(15)21)13-6-8-14(9-7-13)22-11-12-4-2-1-3-5-12/h1-9,15H,10-11H2,(H,18,21)(H,19,20)/t15-/m0/s1. The van der Waals surface area contributed by atoms with Crippen LogP contribution in [0.1, 0.15) is 15.9 Å².